The summed E-state index contributed by atoms with van der Waals surface area (Å²) in [5.41, 5.74) is -1.75. The number of nitrogens with zero attached hydrogens (tertiary/aromatic N) is 1. The molecule has 126 valence electrons. The molecule has 0 heterocycles. The summed E-state index contributed by atoms with van der Waals surface area (Å²) in [6, 6.07) is 2.29. The summed E-state index contributed by atoms with van der Waals surface area (Å²) in [6.07, 6.45) is -3.79. The van der Waals surface area contributed by atoms with Crippen molar-refractivity contribution in [2.45, 2.75) is 19.5 Å². The van der Waals surface area contributed by atoms with Crippen LogP contribution in [0.3, 0.4) is 0 Å². The van der Waals surface area contributed by atoms with Crippen molar-refractivity contribution in [2.24, 2.45) is 11.8 Å². The van der Waals surface area contributed by atoms with Gasteiger partial charge in [0, 0.05) is 25.1 Å². The van der Waals surface area contributed by atoms with Crippen LogP contribution in [-0.4, -0.2) is 23.9 Å². The van der Waals surface area contributed by atoms with Gasteiger partial charge in [0.05, 0.1) is 10.5 Å². The van der Waals surface area contributed by atoms with E-state index in [2.05, 4.69) is 10.6 Å². The second-order valence-corrected chi connectivity index (χ2v) is 5.52. The molecule has 0 saturated heterocycles. The lowest BCUT2D eigenvalue weighted by atomic mass is 10.1. The number of amides is 1. The van der Waals surface area contributed by atoms with Crippen LogP contribution in [0.5, 0.6) is 0 Å². The van der Waals surface area contributed by atoms with Crippen molar-refractivity contribution in [1.82, 2.24) is 5.32 Å². The normalized spacial score (nSPS) is 20.0. The molecule has 2 rings (SSSR count). The van der Waals surface area contributed by atoms with Gasteiger partial charge in [-0.05, 0) is 24.5 Å². The number of benzene rings is 1. The molecular weight excluding hydrogens is 315 g/mol. The molecule has 0 aliphatic heterocycles. The zero-order valence-electron chi connectivity index (χ0n) is 12.3. The molecule has 0 radical (unpaired) electrons. The van der Waals surface area contributed by atoms with Crippen LogP contribution >= 0.6 is 0 Å². The van der Waals surface area contributed by atoms with E-state index in [0.717, 1.165) is 18.6 Å². The molecule has 0 bridgehead atoms. The SMILES string of the molecule is C[C@@H]1C[C@H]1C(=O)NCCNc1ccc(C(F)(F)F)cc1[N+](=O)[O-]. The highest BCUT2D eigenvalue weighted by molar-refractivity contribution is 5.81. The first-order valence-corrected chi connectivity index (χ1v) is 7.07. The van der Waals surface area contributed by atoms with Crippen LogP contribution in [0.25, 0.3) is 0 Å². The van der Waals surface area contributed by atoms with Crippen LogP contribution in [0.1, 0.15) is 18.9 Å². The Kier molecular flexibility index (Phi) is 4.76. The number of hydrogen-bond donors (Lipinski definition) is 2. The summed E-state index contributed by atoms with van der Waals surface area (Å²) in [4.78, 5) is 21.6. The van der Waals surface area contributed by atoms with Crippen molar-refractivity contribution >= 4 is 17.3 Å². The second-order valence-electron chi connectivity index (χ2n) is 5.52. The lowest BCUT2D eigenvalue weighted by molar-refractivity contribution is -0.384. The molecule has 9 heteroatoms. The van der Waals surface area contributed by atoms with Gasteiger partial charge in [0.2, 0.25) is 5.91 Å². The van der Waals surface area contributed by atoms with E-state index in [1.807, 2.05) is 6.92 Å². The number of halogens is 3. The summed E-state index contributed by atoms with van der Waals surface area (Å²) < 4.78 is 37.7. The van der Waals surface area contributed by atoms with E-state index in [4.69, 9.17) is 0 Å². The van der Waals surface area contributed by atoms with E-state index in [1.165, 1.54) is 0 Å². The van der Waals surface area contributed by atoms with Crippen molar-refractivity contribution in [3.8, 4) is 0 Å². The molecule has 23 heavy (non-hydrogen) atoms. The number of nitro benzene ring substituents is 1. The average Bonchev–Trinajstić information content (AvgIpc) is 3.19. The van der Waals surface area contributed by atoms with Gasteiger partial charge in [-0.3, -0.25) is 14.9 Å². The van der Waals surface area contributed by atoms with Crippen LogP contribution in [0.4, 0.5) is 24.5 Å². The van der Waals surface area contributed by atoms with Gasteiger partial charge in [-0.25, -0.2) is 0 Å². The highest BCUT2D eigenvalue weighted by Gasteiger charge is 2.38. The van der Waals surface area contributed by atoms with Crippen LogP contribution < -0.4 is 10.6 Å². The molecule has 2 N–H and O–H groups in total. The third-order valence-corrected chi connectivity index (χ3v) is 3.71. The van der Waals surface area contributed by atoms with Crippen molar-refractivity contribution in [3.05, 3.63) is 33.9 Å². The predicted molar refractivity (Wildman–Crippen MR) is 76.9 cm³/mol. The van der Waals surface area contributed by atoms with Gasteiger partial charge in [-0.15, -0.1) is 0 Å². The first kappa shape index (κ1) is 17.0. The lowest BCUT2D eigenvalue weighted by Crippen LogP contribution is -2.30. The first-order valence-electron chi connectivity index (χ1n) is 7.07. The van der Waals surface area contributed by atoms with E-state index in [9.17, 15) is 28.1 Å². The summed E-state index contributed by atoms with van der Waals surface area (Å²) in [5.74, 6) is 0.329. The quantitative estimate of drug-likeness (QED) is 0.477. The Labute approximate surface area is 130 Å². The van der Waals surface area contributed by atoms with Crippen LogP contribution in [-0.2, 0) is 11.0 Å². The topological polar surface area (TPSA) is 84.3 Å². The maximum absolute atomic E-state index is 12.6. The molecule has 6 nitrogen and oxygen atoms in total. The van der Waals surface area contributed by atoms with Gasteiger partial charge in [-0.2, -0.15) is 13.2 Å². The number of nitro groups is 1. The van der Waals surface area contributed by atoms with Gasteiger partial charge in [0.15, 0.2) is 0 Å². The Balaban J connectivity index is 1.94. The summed E-state index contributed by atoms with van der Waals surface area (Å²) >= 11 is 0. The molecule has 1 aromatic carbocycles. The van der Waals surface area contributed by atoms with E-state index < -0.39 is 22.4 Å². The maximum Gasteiger partial charge on any atom is 0.416 e. The van der Waals surface area contributed by atoms with E-state index in [-0.39, 0.29) is 30.6 Å². The zero-order valence-corrected chi connectivity index (χ0v) is 12.3. The largest absolute Gasteiger partial charge is 0.416 e. The Morgan fingerprint density at radius 1 is 1.39 bits per heavy atom. The monoisotopic (exact) mass is 331 g/mol. The Bertz CT molecular complexity index is 619. The highest BCUT2D eigenvalue weighted by atomic mass is 19.4. The number of anilines is 1. The molecule has 1 aliphatic rings. The molecule has 0 spiro atoms. The third kappa shape index (κ3) is 4.33. The van der Waals surface area contributed by atoms with Crippen LogP contribution in [0.15, 0.2) is 18.2 Å². The minimum Gasteiger partial charge on any atom is -0.378 e. The van der Waals surface area contributed by atoms with Crippen molar-refractivity contribution < 1.29 is 22.9 Å². The minimum absolute atomic E-state index is 0.0166. The van der Waals surface area contributed by atoms with E-state index in [1.54, 1.807) is 0 Å². The third-order valence-electron chi connectivity index (χ3n) is 3.71. The van der Waals surface area contributed by atoms with Gasteiger partial charge >= 0.3 is 6.18 Å². The fourth-order valence-corrected chi connectivity index (χ4v) is 2.21. The number of rotatable bonds is 6. The summed E-state index contributed by atoms with van der Waals surface area (Å²) in [7, 11) is 0. The number of alkyl halides is 3. The smallest absolute Gasteiger partial charge is 0.378 e. The van der Waals surface area contributed by atoms with Gasteiger partial charge < -0.3 is 10.6 Å². The highest BCUT2D eigenvalue weighted by Crippen LogP contribution is 2.37. The number of nitrogens with one attached hydrogen (secondary N) is 2. The van der Waals surface area contributed by atoms with Crippen LogP contribution in [0, 0.1) is 22.0 Å². The average molecular weight is 331 g/mol. The Morgan fingerprint density at radius 2 is 2.04 bits per heavy atom. The van der Waals surface area contributed by atoms with Crippen molar-refractivity contribution in [1.29, 1.82) is 0 Å². The fraction of sp³-hybridized carbons (Fsp3) is 0.500. The van der Waals surface area contributed by atoms with Gasteiger partial charge in [0.1, 0.15) is 5.69 Å². The molecule has 2 atom stereocenters. The van der Waals surface area contributed by atoms with Crippen molar-refractivity contribution in [2.75, 3.05) is 18.4 Å². The Morgan fingerprint density at radius 3 is 2.57 bits per heavy atom. The fourth-order valence-electron chi connectivity index (χ4n) is 2.21. The minimum atomic E-state index is -4.64. The molecule has 1 saturated carbocycles. The Hall–Kier alpha value is -2.32. The number of hydrogen-bond acceptors (Lipinski definition) is 4. The van der Waals surface area contributed by atoms with Gasteiger partial charge in [-0.1, -0.05) is 6.92 Å². The predicted octanol–water partition coefficient (Wildman–Crippen LogP) is 2.80. The lowest BCUT2D eigenvalue weighted by Gasteiger charge is -2.11. The second kappa shape index (κ2) is 6.43. The first-order chi connectivity index (χ1) is 10.7. The molecule has 1 aliphatic carbocycles. The standard InChI is InChI=1S/C14H16F3N3O3/c1-8-6-10(8)13(21)19-5-4-18-11-3-2-9(14(15,16)17)7-12(11)20(22)23/h2-3,7-8,10,18H,4-6H2,1H3,(H,19,21)/t8-,10-/m1/s1. The summed E-state index contributed by atoms with van der Waals surface area (Å²) in [6.45, 7) is 2.38. The summed E-state index contributed by atoms with van der Waals surface area (Å²) in [5, 5.41) is 16.3. The number of carbonyl (C=O) groups is 1. The zero-order chi connectivity index (χ0) is 17.2. The number of carbonyl (C=O) groups excluding carboxylic acids is 1. The molecule has 0 aromatic heterocycles. The maximum atomic E-state index is 12.6. The van der Waals surface area contributed by atoms with Crippen molar-refractivity contribution in [3.63, 3.8) is 0 Å². The molecular formula is C14H16F3N3O3. The molecule has 0 unspecified atom stereocenters. The molecule has 1 aromatic rings. The van der Waals surface area contributed by atoms with Gasteiger partial charge in [0.25, 0.3) is 5.69 Å². The van der Waals surface area contributed by atoms with E-state index in [0.29, 0.717) is 12.0 Å². The van der Waals surface area contributed by atoms with Crippen LogP contribution in [0.2, 0.25) is 0 Å². The molecule has 1 amide bonds. The molecule has 1 fully saturated rings. The van der Waals surface area contributed by atoms with E-state index >= 15 is 0 Å².